The minimum Gasteiger partial charge on any atom is -0.349 e. The minimum atomic E-state index is -0.353. The van der Waals surface area contributed by atoms with Crippen LogP contribution >= 0.6 is 0 Å². The number of anilines is 1. The van der Waals surface area contributed by atoms with Crippen LogP contribution in [0.2, 0.25) is 0 Å². The SMILES string of the molecule is N#Cc1ccccc1NC(=O)c1cccc(C(=O)NC2CC2)c1. The van der Waals surface area contributed by atoms with E-state index in [9.17, 15) is 9.59 Å². The van der Waals surface area contributed by atoms with E-state index in [1.54, 1.807) is 48.5 Å². The summed E-state index contributed by atoms with van der Waals surface area (Å²) in [5, 5.41) is 14.6. The molecule has 0 unspecified atom stereocenters. The maximum Gasteiger partial charge on any atom is 0.255 e. The monoisotopic (exact) mass is 305 g/mol. The van der Waals surface area contributed by atoms with Crippen molar-refractivity contribution < 1.29 is 9.59 Å². The molecule has 0 bridgehead atoms. The summed E-state index contributed by atoms with van der Waals surface area (Å²) in [4.78, 5) is 24.4. The molecule has 2 N–H and O–H groups in total. The van der Waals surface area contributed by atoms with E-state index >= 15 is 0 Å². The zero-order chi connectivity index (χ0) is 16.2. The summed E-state index contributed by atoms with van der Waals surface area (Å²) in [5.41, 5.74) is 1.68. The highest BCUT2D eigenvalue weighted by Crippen LogP contribution is 2.20. The average Bonchev–Trinajstić information content (AvgIpc) is 3.39. The zero-order valence-corrected chi connectivity index (χ0v) is 12.4. The third kappa shape index (κ3) is 3.55. The predicted octanol–water partition coefficient (Wildman–Crippen LogP) is 2.70. The molecule has 0 aliphatic heterocycles. The maximum absolute atomic E-state index is 12.3. The predicted molar refractivity (Wildman–Crippen MR) is 86.0 cm³/mol. The highest BCUT2D eigenvalue weighted by Gasteiger charge is 2.24. The molecule has 1 saturated carbocycles. The summed E-state index contributed by atoms with van der Waals surface area (Å²) in [7, 11) is 0. The molecule has 5 nitrogen and oxygen atoms in total. The number of rotatable bonds is 4. The van der Waals surface area contributed by atoms with E-state index in [4.69, 9.17) is 5.26 Å². The van der Waals surface area contributed by atoms with Crippen molar-refractivity contribution in [2.75, 3.05) is 5.32 Å². The lowest BCUT2D eigenvalue weighted by Crippen LogP contribution is -2.25. The van der Waals surface area contributed by atoms with Crippen molar-refractivity contribution in [1.82, 2.24) is 5.32 Å². The van der Waals surface area contributed by atoms with E-state index in [0.717, 1.165) is 12.8 Å². The molecule has 1 aliphatic rings. The molecule has 1 fully saturated rings. The molecule has 2 aromatic carbocycles. The van der Waals surface area contributed by atoms with Gasteiger partial charge in [-0.1, -0.05) is 18.2 Å². The lowest BCUT2D eigenvalue weighted by Gasteiger charge is -2.08. The lowest BCUT2D eigenvalue weighted by molar-refractivity contribution is 0.0951. The van der Waals surface area contributed by atoms with Crippen LogP contribution in [-0.4, -0.2) is 17.9 Å². The fraction of sp³-hybridized carbons (Fsp3) is 0.167. The molecular weight excluding hydrogens is 290 g/mol. The molecule has 2 aromatic rings. The van der Waals surface area contributed by atoms with Crippen LogP contribution in [0.25, 0.3) is 0 Å². The normalized spacial score (nSPS) is 13.0. The molecule has 0 aromatic heterocycles. The number of hydrogen-bond donors (Lipinski definition) is 2. The smallest absolute Gasteiger partial charge is 0.255 e. The highest BCUT2D eigenvalue weighted by atomic mass is 16.2. The summed E-state index contributed by atoms with van der Waals surface area (Å²) >= 11 is 0. The largest absolute Gasteiger partial charge is 0.349 e. The van der Waals surface area contributed by atoms with Crippen LogP contribution in [0.4, 0.5) is 5.69 Å². The van der Waals surface area contributed by atoms with Gasteiger partial charge in [-0.15, -0.1) is 0 Å². The van der Waals surface area contributed by atoms with E-state index in [-0.39, 0.29) is 17.9 Å². The number of amides is 2. The van der Waals surface area contributed by atoms with Gasteiger partial charge in [-0.3, -0.25) is 9.59 Å². The van der Waals surface area contributed by atoms with Crippen LogP contribution in [0.15, 0.2) is 48.5 Å². The molecule has 0 saturated heterocycles. The molecule has 0 heterocycles. The quantitative estimate of drug-likeness (QED) is 0.911. The number of nitriles is 1. The summed E-state index contributed by atoms with van der Waals surface area (Å²) in [6.07, 6.45) is 2.02. The molecule has 0 atom stereocenters. The fourth-order valence-corrected chi connectivity index (χ4v) is 2.18. The molecule has 114 valence electrons. The Hall–Kier alpha value is -3.13. The van der Waals surface area contributed by atoms with Crippen molar-refractivity contribution in [2.45, 2.75) is 18.9 Å². The minimum absolute atomic E-state index is 0.167. The van der Waals surface area contributed by atoms with Gasteiger partial charge in [-0.2, -0.15) is 5.26 Å². The van der Waals surface area contributed by atoms with E-state index in [2.05, 4.69) is 10.6 Å². The number of nitrogens with zero attached hydrogens (tertiary/aromatic N) is 1. The second-order valence-electron chi connectivity index (χ2n) is 5.44. The van der Waals surface area contributed by atoms with Gasteiger partial charge < -0.3 is 10.6 Å². The second kappa shape index (κ2) is 6.32. The van der Waals surface area contributed by atoms with Crippen LogP contribution < -0.4 is 10.6 Å². The Kier molecular flexibility index (Phi) is 4.07. The van der Waals surface area contributed by atoms with Crippen molar-refractivity contribution >= 4 is 17.5 Å². The van der Waals surface area contributed by atoms with E-state index in [1.807, 2.05) is 6.07 Å². The van der Waals surface area contributed by atoms with Crippen molar-refractivity contribution in [3.8, 4) is 6.07 Å². The average molecular weight is 305 g/mol. The number of para-hydroxylation sites is 1. The standard InChI is InChI=1S/C18H15N3O2/c19-11-14-4-1-2-7-16(14)21-18(23)13-6-3-5-12(10-13)17(22)20-15-8-9-15/h1-7,10,15H,8-9H2,(H,20,22)(H,21,23). The van der Waals surface area contributed by atoms with Gasteiger partial charge in [-0.25, -0.2) is 0 Å². The number of benzene rings is 2. The summed E-state index contributed by atoms with van der Waals surface area (Å²) in [5.74, 6) is -0.520. The van der Waals surface area contributed by atoms with Gasteiger partial charge in [0.15, 0.2) is 0 Å². The fourth-order valence-electron chi connectivity index (χ4n) is 2.18. The zero-order valence-electron chi connectivity index (χ0n) is 12.4. The van der Waals surface area contributed by atoms with Crippen molar-refractivity contribution in [1.29, 1.82) is 5.26 Å². The molecule has 23 heavy (non-hydrogen) atoms. The summed E-state index contributed by atoms with van der Waals surface area (Å²) in [6.45, 7) is 0. The molecule has 5 heteroatoms. The summed E-state index contributed by atoms with van der Waals surface area (Å²) in [6, 6.07) is 15.6. The number of hydrogen-bond acceptors (Lipinski definition) is 3. The third-order valence-corrected chi connectivity index (χ3v) is 3.60. The molecule has 3 rings (SSSR count). The van der Waals surface area contributed by atoms with Crippen molar-refractivity contribution in [3.05, 3.63) is 65.2 Å². The first-order chi connectivity index (χ1) is 11.2. The molecule has 0 radical (unpaired) electrons. The van der Waals surface area contributed by atoms with Crippen molar-refractivity contribution in [2.24, 2.45) is 0 Å². The Bertz CT molecular complexity index is 804. The van der Waals surface area contributed by atoms with Crippen LogP contribution in [-0.2, 0) is 0 Å². The first-order valence-corrected chi connectivity index (χ1v) is 7.39. The van der Waals surface area contributed by atoms with Crippen LogP contribution in [0.3, 0.4) is 0 Å². The Morgan fingerprint density at radius 3 is 2.39 bits per heavy atom. The van der Waals surface area contributed by atoms with Gasteiger partial charge >= 0.3 is 0 Å². The molecule has 2 amide bonds. The highest BCUT2D eigenvalue weighted by molar-refractivity contribution is 6.06. The summed E-state index contributed by atoms with van der Waals surface area (Å²) < 4.78 is 0. The first kappa shape index (κ1) is 14.8. The van der Waals surface area contributed by atoms with E-state index in [1.165, 1.54) is 0 Å². The topological polar surface area (TPSA) is 82.0 Å². The van der Waals surface area contributed by atoms with Gasteiger partial charge in [0, 0.05) is 17.2 Å². The van der Waals surface area contributed by atoms with Crippen LogP contribution in [0, 0.1) is 11.3 Å². The molecular formula is C18H15N3O2. The number of carbonyl (C=O) groups is 2. The molecule has 1 aliphatic carbocycles. The first-order valence-electron chi connectivity index (χ1n) is 7.39. The van der Waals surface area contributed by atoms with Crippen LogP contribution in [0.1, 0.15) is 39.1 Å². The van der Waals surface area contributed by atoms with Gasteiger partial charge in [0.1, 0.15) is 6.07 Å². The Morgan fingerprint density at radius 1 is 1.00 bits per heavy atom. The lowest BCUT2D eigenvalue weighted by atomic mass is 10.1. The molecule has 0 spiro atoms. The maximum atomic E-state index is 12.3. The van der Waals surface area contributed by atoms with Crippen molar-refractivity contribution in [3.63, 3.8) is 0 Å². The second-order valence-corrected chi connectivity index (χ2v) is 5.44. The third-order valence-electron chi connectivity index (χ3n) is 3.60. The van der Waals surface area contributed by atoms with Gasteiger partial charge in [-0.05, 0) is 43.2 Å². The Morgan fingerprint density at radius 2 is 1.70 bits per heavy atom. The Labute approximate surface area is 133 Å². The van der Waals surface area contributed by atoms with Gasteiger partial charge in [0.05, 0.1) is 11.3 Å². The van der Waals surface area contributed by atoms with Gasteiger partial charge in [0.2, 0.25) is 0 Å². The Balaban J connectivity index is 1.77. The van der Waals surface area contributed by atoms with Crippen LogP contribution in [0.5, 0.6) is 0 Å². The van der Waals surface area contributed by atoms with Gasteiger partial charge in [0.25, 0.3) is 11.8 Å². The van der Waals surface area contributed by atoms with E-state index < -0.39 is 0 Å². The number of carbonyl (C=O) groups excluding carboxylic acids is 2. The number of nitrogens with one attached hydrogen (secondary N) is 2. The van der Waals surface area contributed by atoms with E-state index in [0.29, 0.717) is 22.4 Å².